The van der Waals surface area contributed by atoms with Crippen LogP contribution in [0.2, 0.25) is 0 Å². The highest BCUT2D eigenvalue weighted by Gasteiger charge is 2.34. The number of rotatable bonds is 8. The highest BCUT2D eigenvalue weighted by molar-refractivity contribution is 5.77. The van der Waals surface area contributed by atoms with Crippen molar-refractivity contribution in [3.05, 3.63) is 94.1 Å². The number of hydrogen-bond acceptors (Lipinski definition) is 4. The number of primary amides is 1. The number of carbonyl (C=O) groups is 1. The number of piperidine rings is 1. The smallest absolute Gasteiger partial charge is 0.369 e. The van der Waals surface area contributed by atoms with Crippen LogP contribution >= 0.6 is 0 Å². The van der Waals surface area contributed by atoms with E-state index in [1.54, 1.807) is 24.3 Å². The summed E-state index contributed by atoms with van der Waals surface area (Å²) in [6, 6.07) is 15.4. The first kappa shape index (κ1) is 25.8. The summed E-state index contributed by atoms with van der Waals surface area (Å²) in [6.45, 7) is 2.16. The highest BCUT2D eigenvalue weighted by Crippen LogP contribution is 2.32. The predicted octanol–water partition coefficient (Wildman–Crippen LogP) is 4.71. The fourth-order valence-electron chi connectivity index (χ4n) is 4.91. The molecule has 5 nitrogen and oxygen atoms in total. The average molecular weight is 497 g/mol. The van der Waals surface area contributed by atoms with Gasteiger partial charge in [0.25, 0.3) is 0 Å². The number of aromatic nitrogens is 2. The van der Waals surface area contributed by atoms with E-state index in [4.69, 9.17) is 5.73 Å². The second-order valence-corrected chi connectivity index (χ2v) is 9.58. The average Bonchev–Trinajstić information content (AvgIpc) is 2.83. The highest BCUT2D eigenvalue weighted by atomic mass is 19.4. The third-order valence-electron chi connectivity index (χ3n) is 6.78. The van der Waals surface area contributed by atoms with E-state index >= 15 is 0 Å². The molecule has 0 aliphatic carbocycles. The van der Waals surface area contributed by atoms with E-state index in [-0.39, 0.29) is 18.5 Å². The number of hydrogen-bond donors (Lipinski definition) is 1. The lowest BCUT2D eigenvalue weighted by atomic mass is 9.90. The minimum Gasteiger partial charge on any atom is -0.369 e. The van der Waals surface area contributed by atoms with E-state index in [0.717, 1.165) is 42.4 Å². The summed E-state index contributed by atoms with van der Waals surface area (Å²) in [5.41, 5.74) is 8.21. The minimum absolute atomic E-state index is 0.0387. The van der Waals surface area contributed by atoms with Gasteiger partial charge < -0.3 is 10.6 Å². The number of likely N-dealkylation sites (tertiary alicyclic amines) is 1. The molecule has 8 heteroatoms. The van der Waals surface area contributed by atoms with E-state index in [1.165, 1.54) is 12.0 Å². The molecule has 2 heterocycles. The van der Waals surface area contributed by atoms with Crippen LogP contribution in [0.4, 0.5) is 13.2 Å². The number of benzene rings is 2. The van der Waals surface area contributed by atoms with Crippen LogP contribution in [0.1, 0.15) is 58.1 Å². The molecule has 190 valence electrons. The van der Waals surface area contributed by atoms with Crippen molar-refractivity contribution in [2.45, 2.75) is 50.6 Å². The summed E-state index contributed by atoms with van der Waals surface area (Å²) in [5, 5.41) is 0. The summed E-state index contributed by atoms with van der Waals surface area (Å²) in [7, 11) is 2.14. The van der Waals surface area contributed by atoms with Gasteiger partial charge in [-0.05, 0) is 67.4 Å². The molecule has 36 heavy (non-hydrogen) atoms. The Hall–Kier alpha value is -3.26. The number of amides is 1. The molecule has 2 aromatic carbocycles. The van der Waals surface area contributed by atoms with Gasteiger partial charge in [-0.1, -0.05) is 48.5 Å². The van der Waals surface area contributed by atoms with Crippen molar-refractivity contribution in [2.24, 2.45) is 5.73 Å². The van der Waals surface area contributed by atoms with E-state index in [0.29, 0.717) is 24.6 Å². The van der Waals surface area contributed by atoms with Crippen LogP contribution in [-0.4, -0.2) is 40.9 Å². The molecular formula is C28H31F3N4O. The maximum Gasteiger partial charge on any atom is 0.419 e. The van der Waals surface area contributed by atoms with Crippen LogP contribution in [0.25, 0.3) is 0 Å². The lowest BCUT2D eigenvalue weighted by Crippen LogP contribution is -2.30. The van der Waals surface area contributed by atoms with Gasteiger partial charge in [-0.25, -0.2) is 9.97 Å². The topological polar surface area (TPSA) is 72.1 Å². The monoisotopic (exact) mass is 496 g/mol. The van der Waals surface area contributed by atoms with Crippen molar-refractivity contribution in [2.75, 3.05) is 20.1 Å². The van der Waals surface area contributed by atoms with Crippen LogP contribution in [0.3, 0.4) is 0 Å². The van der Waals surface area contributed by atoms with Crippen molar-refractivity contribution in [1.29, 1.82) is 0 Å². The van der Waals surface area contributed by atoms with Crippen LogP contribution in [-0.2, 0) is 36.7 Å². The van der Waals surface area contributed by atoms with Gasteiger partial charge >= 0.3 is 6.18 Å². The second-order valence-electron chi connectivity index (χ2n) is 9.58. The molecule has 1 amide bonds. The van der Waals surface area contributed by atoms with Crippen LogP contribution in [0.5, 0.6) is 0 Å². The summed E-state index contributed by atoms with van der Waals surface area (Å²) in [6.07, 6.45) is -0.523. The number of aryl methyl sites for hydroxylation is 2. The summed E-state index contributed by atoms with van der Waals surface area (Å²) in [4.78, 5) is 22.1. The first-order valence-electron chi connectivity index (χ1n) is 12.2. The van der Waals surface area contributed by atoms with Crippen molar-refractivity contribution in [3.63, 3.8) is 0 Å². The normalized spacial score (nSPS) is 16.7. The molecule has 0 bridgehead atoms. The second kappa shape index (κ2) is 11.2. The Bertz CT molecular complexity index is 1190. The largest absolute Gasteiger partial charge is 0.419 e. The molecule has 0 radical (unpaired) electrons. The first-order valence-corrected chi connectivity index (χ1v) is 12.2. The molecule has 1 atom stereocenters. The molecule has 3 aromatic rings. The first-order chi connectivity index (χ1) is 17.2. The minimum atomic E-state index is -4.55. The van der Waals surface area contributed by atoms with Gasteiger partial charge in [-0.3, -0.25) is 4.79 Å². The van der Waals surface area contributed by atoms with Crippen molar-refractivity contribution in [1.82, 2.24) is 14.9 Å². The van der Waals surface area contributed by atoms with Crippen LogP contribution in [0, 0.1) is 0 Å². The van der Waals surface area contributed by atoms with Crippen molar-refractivity contribution < 1.29 is 18.0 Å². The number of alkyl halides is 3. The number of carbonyl (C=O) groups excluding carboxylic acids is 1. The van der Waals surface area contributed by atoms with Crippen LogP contribution < -0.4 is 5.73 Å². The molecule has 0 saturated carbocycles. The molecule has 1 saturated heterocycles. The summed E-state index contributed by atoms with van der Waals surface area (Å²) >= 11 is 0. The molecule has 0 spiro atoms. The van der Waals surface area contributed by atoms with Gasteiger partial charge in [0, 0.05) is 19.2 Å². The summed E-state index contributed by atoms with van der Waals surface area (Å²) < 4.78 is 41.1. The molecule has 1 aliphatic rings. The molecule has 1 unspecified atom stereocenters. The van der Waals surface area contributed by atoms with Gasteiger partial charge in [0.15, 0.2) is 0 Å². The van der Waals surface area contributed by atoms with Gasteiger partial charge in [-0.15, -0.1) is 0 Å². The third kappa shape index (κ3) is 6.69. The number of nitrogens with two attached hydrogens (primary N) is 1. The molecular weight excluding hydrogens is 465 g/mol. The lowest BCUT2D eigenvalue weighted by molar-refractivity contribution is -0.138. The van der Waals surface area contributed by atoms with E-state index in [2.05, 4.69) is 34.0 Å². The number of nitrogens with zero attached hydrogens (tertiary/aromatic N) is 3. The van der Waals surface area contributed by atoms with Gasteiger partial charge in [0.1, 0.15) is 5.82 Å². The van der Waals surface area contributed by atoms with E-state index < -0.39 is 17.6 Å². The van der Waals surface area contributed by atoms with Gasteiger partial charge in [0.2, 0.25) is 5.91 Å². The lowest BCUT2D eigenvalue weighted by Gasteiger charge is -2.30. The molecule has 1 fully saturated rings. The van der Waals surface area contributed by atoms with Gasteiger partial charge in [-0.2, -0.15) is 13.2 Å². The zero-order valence-corrected chi connectivity index (χ0v) is 20.4. The Balaban J connectivity index is 1.51. The Morgan fingerprint density at radius 2 is 1.81 bits per heavy atom. The molecule has 1 aliphatic heterocycles. The Kier molecular flexibility index (Phi) is 8.04. The molecule has 1 aromatic heterocycles. The molecule has 2 N–H and O–H groups in total. The quantitative estimate of drug-likeness (QED) is 0.490. The Morgan fingerprint density at radius 3 is 2.47 bits per heavy atom. The number of halogens is 3. The maximum atomic E-state index is 13.7. The number of likely N-dealkylation sites (N-methyl/N-ethyl adjacent to an activating group) is 1. The zero-order valence-electron chi connectivity index (χ0n) is 20.4. The zero-order chi connectivity index (χ0) is 25.7. The SMILES string of the molecule is CN1CCCC(c2ccc(Cc3ncc(C(F)(F)F)c(CCc4ccccc4CC(N)=O)n3)cc2)C1. The fourth-order valence-corrected chi connectivity index (χ4v) is 4.91. The maximum absolute atomic E-state index is 13.7. The third-order valence-corrected chi connectivity index (χ3v) is 6.78. The Morgan fingerprint density at radius 1 is 1.08 bits per heavy atom. The van der Waals surface area contributed by atoms with Crippen molar-refractivity contribution in [3.8, 4) is 0 Å². The molecule has 4 rings (SSSR count). The predicted molar refractivity (Wildman–Crippen MR) is 133 cm³/mol. The fraction of sp³-hybridized carbons (Fsp3) is 0.393. The van der Waals surface area contributed by atoms with E-state index in [1.807, 2.05) is 12.1 Å². The summed E-state index contributed by atoms with van der Waals surface area (Å²) in [5.74, 6) is 0.377. The van der Waals surface area contributed by atoms with Crippen molar-refractivity contribution >= 4 is 5.91 Å². The van der Waals surface area contributed by atoms with Gasteiger partial charge in [0.05, 0.1) is 17.7 Å². The van der Waals surface area contributed by atoms with E-state index in [9.17, 15) is 18.0 Å². The Labute approximate surface area is 209 Å². The van der Waals surface area contributed by atoms with Crippen LogP contribution in [0.15, 0.2) is 54.7 Å². The standard InChI is InChI=1S/C28H31F3N4O/c1-35-14-4-7-23(18-35)21-10-8-19(9-11-21)15-27-33-17-24(28(29,30)31)25(34-27)13-12-20-5-2-3-6-22(20)16-26(32)36/h2-3,5-6,8-11,17,23H,4,7,12-16,18H2,1H3,(H2,32,36).